The summed E-state index contributed by atoms with van der Waals surface area (Å²) in [5.74, 6) is 0.898. The van der Waals surface area contributed by atoms with Crippen molar-refractivity contribution < 1.29 is 4.79 Å². The fraction of sp³-hybridized carbons (Fsp3) is 0.700. The van der Waals surface area contributed by atoms with Gasteiger partial charge in [-0.2, -0.15) is 5.10 Å². The van der Waals surface area contributed by atoms with Crippen molar-refractivity contribution in [3.8, 4) is 0 Å². The quantitative estimate of drug-likeness (QED) is 0.734. The number of amides is 1. The number of aryl methyl sites for hydroxylation is 1. The van der Waals surface area contributed by atoms with Gasteiger partial charge in [-0.15, -0.1) is 0 Å². The molecule has 1 aromatic rings. The van der Waals surface area contributed by atoms with Crippen LogP contribution in [0.3, 0.4) is 0 Å². The lowest BCUT2D eigenvalue weighted by Gasteiger charge is -2.27. The van der Waals surface area contributed by atoms with Crippen molar-refractivity contribution in [1.29, 1.82) is 0 Å². The monoisotopic (exact) mass is 223 g/mol. The number of aromatic nitrogens is 3. The molecule has 1 aliphatic rings. The van der Waals surface area contributed by atoms with Gasteiger partial charge in [0.1, 0.15) is 12.2 Å². The van der Waals surface area contributed by atoms with Crippen LogP contribution in [0.2, 0.25) is 0 Å². The first-order valence-corrected chi connectivity index (χ1v) is 5.66. The van der Waals surface area contributed by atoms with E-state index in [9.17, 15) is 4.79 Å². The molecular formula is C10H17N5O. The third-order valence-corrected chi connectivity index (χ3v) is 2.77. The average molecular weight is 223 g/mol. The SMILES string of the molecule is CCn1ncnc1CC(=O)N1CCNCC1. The van der Waals surface area contributed by atoms with Gasteiger partial charge < -0.3 is 10.2 Å². The van der Waals surface area contributed by atoms with Crippen LogP contribution in [0, 0.1) is 0 Å². The fourth-order valence-electron chi connectivity index (χ4n) is 1.85. The van der Waals surface area contributed by atoms with Crippen molar-refractivity contribution in [2.75, 3.05) is 26.2 Å². The van der Waals surface area contributed by atoms with Crippen LogP contribution >= 0.6 is 0 Å². The first-order valence-electron chi connectivity index (χ1n) is 5.66. The summed E-state index contributed by atoms with van der Waals surface area (Å²) in [5, 5.41) is 7.28. The average Bonchev–Trinajstić information content (AvgIpc) is 2.77. The summed E-state index contributed by atoms with van der Waals surface area (Å²) >= 11 is 0. The van der Waals surface area contributed by atoms with Crippen LogP contribution in [0.25, 0.3) is 0 Å². The molecule has 0 aliphatic carbocycles. The maximum absolute atomic E-state index is 12.0. The van der Waals surface area contributed by atoms with E-state index >= 15 is 0 Å². The highest BCUT2D eigenvalue weighted by Crippen LogP contribution is 2.01. The molecule has 0 radical (unpaired) electrons. The standard InChI is InChI=1S/C10H17N5O/c1-2-15-9(12-8-13-15)7-10(16)14-5-3-11-4-6-14/h8,11H,2-7H2,1H3. The highest BCUT2D eigenvalue weighted by Gasteiger charge is 2.18. The zero-order valence-electron chi connectivity index (χ0n) is 9.52. The van der Waals surface area contributed by atoms with Gasteiger partial charge in [0, 0.05) is 32.7 Å². The molecule has 2 rings (SSSR count). The molecule has 1 amide bonds. The Morgan fingerprint density at radius 1 is 1.50 bits per heavy atom. The van der Waals surface area contributed by atoms with Crippen LogP contribution in [0.15, 0.2) is 6.33 Å². The van der Waals surface area contributed by atoms with Crippen LogP contribution in [0.5, 0.6) is 0 Å². The van der Waals surface area contributed by atoms with Crippen LogP contribution in [0.4, 0.5) is 0 Å². The number of piperazine rings is 1. The van der Waals surface area contributed by atoms with E-state index in [0.717, 1.165) is 38.5 Å². The summed E-state index contributed by atoms with van der Waals surface area (Å²) in [4.78, 5) is 17.9. The second kappa shape index (κ2) is 5.07. The Kier molecular flexibility index (Phi) is 3.51. The number of rotatable bonds is 3. The van der Waals surface area contributed by atoms with Gasteiger partial charge in [-0.1, -0.05) is 0 Å². The van der Waals surface area contributed by atoms with E-state index in [1.807, 2.05) is 11.8 Å². The molecule has 0 aromatic carbocycles. The van der Waals surface area contributed by atoms with E-state index in [2.05, 4.69) is 15.4 Å². The molecular weight excluding hydrogens is 206 g/mol. The van der Waals surface area contributed by atoms with Gasteiger partial charge in [0.2, 0.25) is 5.91 Å². The van der Waals surface area contributed by atoms with Gasteiger partial charge >= 0.3 is 0 Å². The number of nitrogens with zero attached hydrogens (tertiary/aromatic N) is 4. The predicted octanol–water partition coefficient (Wildman–Crippen LogP) is -0.728. The van der Waals surface area contributed by atoms with Gasteiger partial charge in [0.15, 0.2) is 0 Å². The Balaban J connectivity index is 1.95. The molecule has 88 valence electrons. The van der Waals surface area contributed by atoms with Crippen LogP contribution in [-0.4, -0.2) is 51.8 Å². The Morgan fingerprint density at radius 2 is 2.25 bits per heavy atom. The highest BCUT2D eigenvalue weighted by molar-refractivity contribution is 5.78. The molecule has 0 spiro atoms. The largest absolute Gasteiger partial charge is 0.340 e. The summed E-state index contributed by atoms with van der Waals surface area (Å²) in [6.45, 7) is 6.09. The molecule has 0 unspecified atom stereocenters. The van der Waals surface area contributed by atoms with E-state index < -0.39 is 0 Å². The molecule has 0 bridgehead atoms. The smallest absolute Gasteiger partial charge is 0.230 e. The molecule has 0 atom stereocenters. The summed E-state index contributed by atoms with van der Waals surface area (Å²) in [6.07, 6.45) is 1.86. The first kappa shape index (κ1) is 11.1. The molecule has 16 heavy (non-hydrogen) atoms. The van der Waals surface area contributed by atoms with Crippen molar-refractivity contribution in [2.24, 2.45) is 0 Å². The van der Waals surface area contributed by atoms with Crippen molar-refractivity contribution in [1.82, 2.24) is 25.0 Å². The minimum absolute atomic E-state index is 0.143. The number of nitrogens with one attached hydrogen (secondary N) is 1. The molecule has 2 heterocycles. The molecule has 1 aromatic heterocycles. The van der Waals surface area contributed by atoms with E-state index in [0.29, 0.717) is 6.42 Å². The predicted molar refractivity (Wildman–Crippen MR) is 58.8 cm³/mol. The lowest BCUT2D eigenvalue weighted by Crippen LogP contribution is -2.47. The van der Waals surface area contributed by atoms with Crippen LogP contribution in [0.1, 0.15) is 12.7 Å². The van der Waals surface area contributed by atoms with E-state index in [1.165, 1.54) is 6.33 Å². The van der Waals surface area contributed by atoms with Crippen molar-refractivity contribution in [3.05, 3.63) is 12.2 Å². The van der Waals surface area contributed by atoms with Crippen molar-refractivity contribution in [3.63, 3.8) is 0 Å². The lowest BCUT2D eigenvalue weighted by molar-refractivity contribution is -0.131. The zero-order valence-corrected chi connectivity index (χ0v) is 9.52. The van der Waals surface area contributed by atoms with Gasteiger partial charge in [-0.05, 0) is 6.92 Å². The van der Waals surface area contributed by atoms with Crippen molar-refractivity contribution >= 4 is 5.91 Å². The molecule has 0 saturated carbocycles. The van der Waals surface area contributed by atoms with E-state index in [-0.39, 0.29) is 5.91 Å². The van der Waals surface area contributed by atoms with Gasteiger partial charge in [-0.3, -0.25) is 4.79 Å². The summed E-state index contributed by atoms with van der Waals surface area (Å²) < 4.78 is 1.76. The molecule has 1 saturated heterocycles. The van der Waals surface area contributed by atoms with Gasteiger partial charge in [0.05, 0.1) is 6.42 Å². The maximum Gasteiger partial charge on any atom is 0.230 e. The second-order valence-electron chi connectivity index (χ2n) is 3.80. The van der Waals surface area contributed by atoms with Crippen LogP contribution < -0.4 is 5.32 Å². The molecule has 1 fully saturated rings. The second-order valence-corrected chi connectivity index (χ2v) is 3.80. The van der Waals surface area contributed by atoms with E-state index in [1.54, 1.807) is 4.68 Å². The van der Waals surface area contributed by atoms with Crippen LogP contribution in [-0.2, 0) is 17.8 Å². The molecule has 6 heteroatoms. The minimum Gasteiger partial charge on any atom is -0.340 e. The lowest BCUT2D eigenvalue weighted by atomic mass is 10.3. The zero-order chi connectivity index (χ0) is 11.4. The number of carbonyl (C=O) groups excluding carboxylic acids is 1. The summed E-state index contributed by atoms with van der Waals surface area (Å²) in [7, 11) is 0. The number of carbonyl (C=O) groups is 1. The molecule has 1 aliphatic heterocycles. The Labute approximate surface area is 94.6 Å². The number of hydrogen-bond acceptors (Lipinski definition) is 4. The van der Waals surface area contributed by atoms with Gasteiger partial charge in [0.25, 0.3) is 0 Å². The highest BCUT2D eigenvalue weighted by atomic mass is 16.2. The summed E-state index contributed by atoms with van der Waals surface area (Å²) in [5.41, 5.74) is 0. The topological polar surface area (TPSA) is 63.1 Å². The van der Waals surface area contributed by atoms with Crippen molar-refractivity contribution in [2.45, 2.75) is 19.9 Å². The first-order chi connectivity index (χ1) is 7.81. The van der Waals surface area contributed by atoms with Gasteiger partial charge in [-0.25, -0.2) is 9.67 Å². The third kappa shape index (κ3) is 2.38. The molecule has 6 nitrogen and oxygen atoms in total. The Morgan fingerprint density at radius 3 is 2.94 bits per heavy atom. The Bertz CT molecular complexity index is 356. The minimum atomic E-state index is 0.143. The molecule has 1 N–H and O–H groups in total. The maximum atomic E-state index is 12.0. The normalized spacial score (nSPS) is 16.4. The Hall–Kier alpha value is -1.43. The third-order valence-electron chi connectivity index (χ3n) is 2.77. The summed E-state index contributed by atoms with van der Waals surface area (Å²) in [6, 6.07) is 0. The fourth-order valence-corrected chi connectivity index (χ4v) is 1.85. The van der Waals surface area contributed by atoms with E-state index in [4.69, 9.17) is 0 Å². The number of hydrogen-bond donors (Lipinski definition) is 1.